The minimum atomic E-state index is 0.291. The average Bonchev–Trinajstić information content (AvgIpc) is 2.29. The summed E-state index contributed by atoms with van der Waals surface area (Å²) in [5, 5.41) is 0. The van der Waals surface area contributed by atoms with Gasteiger partial charge < -0.3 is 10.6 Å². The Morgan fingerprint density at radius 1 is 1.44 bits per heavy atom. The van der Waals surface area contributed by atoms with Gasteiger partial charge in [0.25, 0.3) is 0 Å². The zero-order valence-electron chi connectivity index (χ0n) is 9.56. The van der Waals surface area contributed by atoms with Crippen molar-refractivity contribution >= 4 is 21.6 Å². The van der Waals surface area contributed by atoms with Crippen LogP contribution in [0.15, 0.2) is 22.9 Å². The lowest BCUT2D eigenvalue weighted by molar-refractivity contribution is 0.373. The molecule has 1 aromatic rings. The van der Waals surface area contributed by atoms with E-state index in [1.807, 2.05) is 18.5 Å². The molecule has 1 aliphatic carbocycles. The predicted octanol–water partition coefficient (Wildman–Crippen LogP) is 2.55. The fourth-order valence-corrected chi connectivity index (χ4v) is 2.98. The fraction of sp³-hybridized carbons (Fsp3) is 0.583. The first-order chi connectivity index (χ1) is 7.70. The Morgan fingerprint density at radius 3 is 2.88 bits per heavy atom. The molecule has 3 nitrogen and oxygen atoms in total. The molecule has 0 aliphatic heterocycles. The summed E-state index contributed by atoms with van der Waals surface area (Å²) in [6.45, 7) is 0. The smallest absolute Gasteiger partial charge is 0.0592 e. The second-order valence-corrected chi connectivity index (χ2v) is 5.31. The summed E-state index contributed by atoms with van der Waals surface area (Å²) in [6.07, 6.45) is 8.53. The van der Waals surface area contributed by atoms with Gasteiger partial charge in [-0.3, -0.25) is 4.98 Å². The minimum Gasteiger partial charge on any atom is -0.369 e. The van der Waals surface area contributed by atoms with E-state index in [2.05, 4.69) is 32.9 Å². The fourth-order valence-electron chi connectivity index (χ4n) is 2.45. The lowest BCUT2D eigenvalue weighted by Gasteiger charge is -2.37. The molecule has 16 heavy (non-hydrogen) atoms. The molecular formula is C12H18BrN3. The molecule has 1 fully saturated rings. The van der Waals surface area contributed by atoms with Gasteiger partial charge in [-0.1, -0.05) is 12.8 Å². The lowest BCUT2D eigenvalue weighted by atomic mass is 9.90. The molecule has 0 radical (unpaired) electrons. The summed E-state index contributed by atoms with van der Waals surface area (Å²) in [6, 6.07) is 2.78. The van der Waals surface area contributed by atoms with Crippen LogP contribution in [0.5, 0.6) is 0 Å². The Hall–Kier alpha value is -0.610. The van der Waals surface area contributed by atoms with Crippen molar-refractivity contribution in [3.8, 4) is 0 Å². The SMILES string of the molecule is CN(c1ccncc1Br)C1CCCCC1N. The van der Waals surface area contributed by atoms with E-state index < -0.39 is 0 Å². The molecule has 2 unspecified atom stereocenters. The third-order valence-electron chi connectivity index (χ3n) is 3.41. The van der Waals surface area contributed by atoms with E-state index in [4.69, 9.17) is 5.73 Å². The van der Waals surface area contributed by atoms with Crippen LogP contribution in [-0.4, -0.2) is 24.1 Å². The monoisotopic (exact) mass is 283 g/mol. The summed E-state index contributed by atoms with van der Waals surface area (Å²) < 4.78 is 1.04. The number of hydrogen-bond donors (Lipinski definition) is 1. The van der Waals surface area contributed by atoms with Crippen LogP contribution in [0.2, 0.25) is 0 Å². The van der Waals surface area contributed by atoms with E-state index in [9.17, 15) is 0 Å². The average molecular weight is 284 g/mol. The second-order valence-electron chi connectivity index (χ2n) is 4.45. The third kappa shape index (κ3) is 2.38. The number of aromatic nitrogens is 1. The Balaban J connectivity index is 2.17. The summed E-state index contributed by atoms with van der Waals surface area (Å²) in [7, 11) is 2.12. The van der Waals surface area contributed by atoms with Crippen LogP contribution >= 0.6 is 15.9 Å². The van der Waals surface area contributed by atoms with Crippen molar-refractivity contribution in [1.29, 1.82) is 0 Å². The molecule has 0 saturated heterocycles. The van der Waals surface area contributed by atoms with Crippen molar-refractivity contribution in [3.63, 3.8) is 0 Å². The van der Waals surface area contributed by atoms with Crippen LogP contribution < -0.4 is 10.6 Å². The molecule has 0 spiro atoms. The summed E-state index contributed by atoms with van der Waals surface area (Å²) in [5.41, 5.74) is 7.37. The maximum atomic E-state index is 6.19. The number of anilines is 1. The van der Waals surface area contributed by atoms with Gasteiger partial charge in [-0.15, -0.1) is 0 Å². The molecule has 88 valence electrons. The number of pyridine rings is 1. The minimum absolute atomic E-state index is 0.291. The number of halogens is 1. The standard InChI is InChI=1S/C12H18BrN3/c1-16(11-6-7-15-8-9(11)13)12-5-3-2-4-10(12)14/h6-8,10,12H,2-5,14H2,1H3. The third-order valence-corrected chi connectivity index (χ3v) is 4.02. The van der Waals surface area contributed by atoms with E-state index in [-0.39, 0.29) is 0 Å². The molecule has 1 aromatic heterocycles. The van der Waals surface area contributed by atoms with Gasteiger partial charge in [-0.25, -0.2) is 0 Å². The van der Waals surface area contributed by atoms with Crippen LogP contribution in [-0.2, 0) is 0 Å². The molecule has 0 aromatic carbocycles. The zero-order valence-corrected chi connectivity index (χ0v) is 11.2. The normalized spacial score (nSPS) is 25.4. The van der Waals surface area contributed by atoms with Gasteiger partial charge in [0, 0.05) is 31.5 Å². The van der Waals surface area contributed by atoms with Crippen molar-refractivity contribution in [2.45, 2.75) is 37.8 Å². The van der Waals surface area contributed by atoms with Crippen LogP contribution in [0.25, 0.3) is 0 Å². The van der Waals surface area contributed by atoms with E-state index >= 15 is 0 Å². The summed E-state index contributed by atoms with van der Waals surface area (Å²) in [4.78, 5) is 6.37. The molecule has 1 saturated carbocycles. The van der Waals surface area contributed by atoms with Crippen molar-refractivity contribution in [2.24, 2.45) is 5.73 Å². The Kier molecular flexibility index (Phi) is 3.82. The molecule has 0 amide bonds. The van der Waals surface area contributed by atoms with Crippen LogP contribution in [0.4, 0.5) is 5.69 Å². The second kappa shape index (κ2) is 5.15. The highest BCUT2D eigenvalue weighted by molar-refractivity contribution is 9.10. The van der Waals surface area contributed by atoms with Crippen molar-refractivity contribution in [3.05, 3.63) is 22.9 Å². The first kappa shape index (κ1) is 11.9. The quantitative estimate of drug-likeness (QED) is 0.907. The molecular weight excluding hydrogens is 266 g/mol. The maximum absolute atomic E-state index is 6.19. The highest BCUT2D eigenvalue weighted by Gasteiger charge is 2.26. The van der Waals surface area contributed by atoms with Gasteiger partial charge in [0.2, 0.25) is 0 Å². The largest absolute Gasteiger partial charge is 0.369 e. The van der Waals surface area contributed by atoms with Gasteiger partial charge >= 0.3 is 0 Å². The molecule has 1 aliphatic rings. The molecule has 4 heteroatoms. The lowest BCUT2D eigenvalue weighted by Crippen LogP contribution is -2.48. The van der Waals surface area contributed by atoms with Crippen molar-refractivity contribution < 1.29 is 0 Å². The van der Waals surface area contributed by atoms with Gasteiger partial charge in [-0.2, -0.15) is 0 Å². The van der Waals surface area contributed by atoms with Gasteiger partial charge in [0.15, 0.2) is 0 Å². The van der Waals surface area contributed by atoms with Crippen molar-refractivity contribution in [2.75, 3.05) is 11.9 Å². The first-order valence-corrected chi connectivity index (χ1v) is 6.57. The van der Waals surface area contributed by atoms with Crippen LogP contribution in [0, 0.1) is 0 Å². The molecule has 1 heterocycles. The number of rotatable bonds is 2. The highest BCUT2D eigenvalue weighted by Crippen LogP contribution is 2.29. The van der Waals surface area contributed by atoms with E-state index in [1.165, 1.54) is 24.9 Å². The number of nitrogens with two attached hydrogens (primary N) is 1. The Bertz CT molecular complexity index is 356. The maximum Gasteiger partial charge on any atom is 0.0592 e. The predicted molar refractivity (Wildman–Crippen MR) is 70.6 cm³/mol. The van der Waals surface area contributed by atoms with Gasteiger partial charge in [0.1, 0.15) is 0 Å². The van der Waals surface area contributed by atoms with Gasteiger partial charge in [-0.05, 0) is 34.8 Å². The van der Waals surface area contributed by atoms with Gasteiger partial charge in [0.05, 0.1) is 10.2 Å². The molecule has 2 atom stereocenters. The zero-order chi connectivity index (χ0) is 11.5. The molecule has 0 bridgehead atoms. The van der Waals surface area contributed by atoms with E-state index in [0.717, 1.165) is 10.9 Å². The first-order valence-electron chi connectivity index (χ1n) is 5.78. The van der Waals surface area contributed by atoms with Crippen LogP contribution in [0.3, 0.4) is 0 Å². The molecule has 2 N–H and O–H groups in total. The summed E-state index contributed by atoms with van der Waals surface area (Å²) in [5.74, 6) is 0. The topological polar surface area (TPSA) is 42.2 Å². The summed E-state index contributed by atoms with van der Waals surface area (Å²) >= 11 is 3.54. The van der Waals surface area contributed by atoms with Crippen LogP contribution in [0.1, 0.15) is 25.7 Å². The highest BCUT2D eigenvalue weighted by atomic mass is 79.9. The Labute approximate surface area is 105 Å². The van der Waals surface area contributed by atoms with Crippen molar-refractivity contribution in [1.82, 2.24) is 4.98 Å². The number of hydrogen-bond acceptors (Lipinski definition) is 3. The van der Waals surface area contributed by atoms with E-state index in [0.29, 0.717) is 12.1 Å². The Morgan fingerprint density at radius 2 is 2.19 bits per heavy atom. The molecule has 2 rings (SSSR count). The number of nitrogens with zero attached hydrogens (tertiary/aromatic N) is 2. The van der Waals surface area contributed by atoms with E-state index in [1.54, 1.807) is 0 Å². The number of likely N-dealkylation sites (N-methyl/N-ethyl adjacent to an activating group) is 1.